The average molecular weight is 453 g/mol. The van der Waals surface area contributed by atoms with E-state index in [2.05, 4.69) is 25.3 Å². The molecule has 2 N–H and O–H groups in total. The van der Waals surface area contributed by atoms with Crippen LogP contribution in [-0.2, 0) is 6.18 Å². The molecule has 1 unspecified atom stereocenters. The van der Waals surface area contributed by atoms with Crippen LogP contribution in [0.1, 0.15) is 12.0 Å². The molecule has 8 nitrogen and oxygen atoms in total. The van der Waals surface area contributed by atoms with E-state index >= 15 is 0 Å². The van der Waals surface area contributed by atoms with Crippen LogP contribution in [0.15, 0.2) is 42.5 Å². The molecule has 0 spiro atoms. The number of nitrogens with zero attached hydrogens (tertiary/aromatic N) is 5. The number of aromatic nitrogens is 4. The second-order valence-electron chi connectivity index (χ2n) is 6.73. The van der Waals surface area contributed by atoms with Crippen molar-refractivity contribution >= 4 is 29.2 Å². The van der Waals surface area contributed by atoms with Crippen LogP contribution in [0, 0.1) is 0 Å². The highest BCUT2D eigenvalue weighted by molar-refractivity contribution is 6.29. The first-order valence-corrected chi connectivity index (χ1v) is 9.58. The number of aliphatic hydroxyl groups is 1. The van der Waals surface area contributed by atoms with E-state index in [1.165, 1.54) is 12.1 Å². The van der Waals surface area contributed by atoms with Crippen LogP contribution < -0.4 is 15.0 Å². The smallest absolute Gasteiger partial charge is 0.405 e. The maximum absolute atomic E-state index is 13.0. The molecule has 31 heavy (non-hydrogen) atoms. The Kier molecular flexibility index (Phi) is 5.79. The highest BCUT2D eigenvalue weighted by Gasteiger charge is 2.30. The summed E-state index contributed by atoms with van der Waals surface area (Å²) in [6.07, 6.45) is -4.48. The van der Waals surface area contributed by atoms with Crippen LogP contribution in [0.4, 0.5) is 30.8 Å². The van der Waals surface area contributed by atoms with E-state index in [0.29, 0.717) is 19.5 Å². The molecule has 1 atom stereocenters. The first-order chi connectivity index (χ1) is 14.8. The number of rotatable bonds is 5. The van der Waals surface area contributed by atoms with Crippen molar-refractivity contribution in [1.29, 1.82) is 0 Å². The van der Waals surface area contributed by atoms with Gasteiger partial charge in [0.05, 0.1) is 11.7 Å². The van der Waals surface area contributed by atoms with Crippen LogP contribution in [0.5, 0.6) is 11.9 Å². The summed E-state index contributed by atoms with van der Waals surface area (Å²) < 4.78 is 44.6. The van der Waals surface area contributed by atoms with Crippen molar-refractivity contribution in [1.82, 2.24) is 19.9 Å². The summed E-state index contributed by atoms with van der Waals surface area (Å²) >= 11 is 5.87. The number of hydrogen-bond acceptors (Lipinski definition) is 8. The summed E-state index contributed by atoms with van der Waals surface area (Å²) in [5.41, 5.74) is -0.672. The number of alkyl halides is 3. The second-order valence-corrected chi connectivity index (χ2v) is 7.12. The zero-order valence-corrected chi connectivity index (χ0v) is 16.6. The number of anilines is 3. The van der Waals surface area contributed by atoms with Gasteiger partial charge in [-0.2, -0.15) is 28.1 Å². The van der Waals surface area contributed by atoms with Crippen LogP contribution in [0.2, 0.25) is 5.15 Å². The minimum Gasteiger partial charge on any atom is -0.405 e. The van der Waals surface area contributed by atoms with Crippen molar-refractivity contribution in [3.63, 3.8) is 0 Å². The number of pyridine rings is 1. The van der Waals surface area contributed by atoms with Gasteiger partial charge in [-0.3, -0.25) is 0 Å². The lowest BCUT2D eigenvalue weighted by Crippen LogP contribution is -2.24. The zero-order valence-electron chi connectivity index (χ0n) is 15.8. The lowest BCUT2D eigenvalue weighted by molar-refractivity contribution is -0.137. The van der Waals surface area contributed by atoms with Gasteiger partial charge >= 0.3 is 12.2 Å². The standard InChI is InChI=1S/C19H16ClF3N6O2/c20-14-5-2-6-15(25-14)31-18-27-16(26-17(28-18)29-8-7-13(30)10-29)24-12-4-1-3-11(9-12)19(21,22)23/h1-6,9,13,30H,7-8,10H2,(H,24,26,27,28). The summed E-state index contributed by atoms with van der Waals surface area (Å²) in [7, 11) is 0. The number of hydrogen-bond donors (Lipinski definition) is 2. The number of nitrogens with one attached hydrogen (secondary N) is 1. The Labute approximate surface area is 179 Å². The summed E-state index contributed by atoms with van der Waals surface area (Å²) in [5, 5.41) is 12.8. The molecule has 1 aromatic carbocycles. The lowest BCUT2D eigenvalue weighted by atomic mass is 10.2. The van der Waals surface area contributed by atoms with Gasteiger partial charge in [-0.1, -0.05) is 23.7 Å². The van der Waals surface area contributed by atoms with Gasteiger partial charge in [-0.15, -0.1) is 0 Å². The first kappa shape index (κ1) is 21.1. The van der Waals surface area contributed by atoms with E-state index in [0.717, 1.165) is 12.1 Å². The largest absolute Gasteiger partial charge is 0.416 e. The molecule has 0 aliphatic carbocycles. The number of ether oxygens (including phenoxy) is 1. The Morgan fingerprint density at radius 1 is 1.10 bits per heavy atom. The zero-order chi connectivity index (χ0) is 22.0. The molecule has 2 aromatic heterocycles. The molecule has 0 bridgehead atoms. The molecular formula is C19H16ClF3N6O2. The number of benzene rings is 1. The number of aliphatic hydroxyl groups excluding tert-OH is 1. The summed E-state index contributed by atoms with van der Waals surface area (Å²) in [6.45, 7) is 0.810. The fourth-order valence-electron chi connectivity index (χ4n) is 2.95. The van der Waals surface area contributed by atoms with Gasteiger partial charge in [-0.05, 0) is 30.7 Å². The fourth-order valence-corrected chi connectivity index (χ4v) is 3.11. The summed E-state index contributed by atoms with van der Waals surface area (Å²) in [4.78, 5) is 18.4. The highest BCUT2D eigenvalue weighted by atomic mass is 35.5. The molecule has 1 aliphatic rings. The van der Waals surface area contributed by atoms with E-state index in [4.69, 9.17) is 16.3 Å². The highest BCUT2D eigenvalue weighted by Crippen LogP contribution is 2.31. The molecule has 3 aromatic rings. The van der Waals surface area contributed by atoms with Crippen LogP contribution in [-0.4, -0.2) is 44.2 Å². The van der Waals surface area contributed by atoms with Crippen LogP contribution in [0.3, 0.4) is 0 Å². The van der Waals surface area contributed by atoms with Crippen molar-refractivity contribution in [2.24, 2.45) is 0 Å². The van der Waals surface area contributed by atoms with Gasteiger partial charge in [0.25, 0.3) is 0 Å². The minimum absolute atomic E-state index is 0.0252. The minimum atomic E-state index is -4.49. The van der Waals surface area contributed by atoms with Crippen molar-refractivity contribution in [3.05, 3.63) is 53.2 Å². The molecule has 0 saturated carbocycles. The van der Waals surface area contributed by atoms with Crippen molar-refractivity contribution in [3.8, 4) is 11.9 Å². The maximum Gasteiger partial charge on any atom is 0.416 e. The molecule has 1 saturated heterocycles. The third kappa shape index (κ3) is 5.30. The molecule has 3 heterocycles. The number of halogens is 4. The topological polar surface area (TPSA) is 96.3 Å². The van der Waals surface area contributed by atoms with E-state index in [1.54, 1.807) is 23.1 Å². The molecule has 1 fully saturated rings. The Morgan fingerprint density at radius 2 is 1.90 bits per heavy atom. The van der Waals surface area contributed by atoms with Gasteiger partial charge in [-0.25, -0.2) is 4.98 Å². The Hall–Kier alpha value is -3.18. The van der Waals surface area contributed by atoms with Crippen molar-refractivity contribution in [2.75, 3.05) is 23.3 Å². The monoisotopic (exact) mass is 452 g/mol. The quantitative estimate of drug-likeness (QED) is 0.560. The maximum atomic E-state index is 13.0. The van der Waals surface area contributed by atoms with Crippen molar-refractivity contribution < 1.29 is 23.0 Å². The van der Waals surface area contributed by atoms with Gasteiger partial charge in [0, 0.05) is 24.8 Å². The normalized spacial score (nSPS) is 16.4. The molecule has 12 heteroatoms. The second kappa shape index (κ2) is 8.52. The van der Waals surface area contributed by atoms with Gasteiger partial charge in [0.15, 0.2) is 0 Å². The van der Waals surface area contributed by atoms with E-state index < -0.39 is 17.8 Å². The van der Waals surface area contributed by atoms with Gasteiger partial charge in [0.2, 0.25) is 17.8 Å². The van der Waals surface area contributed by atoms with E-state index in [-0.39, 0.29) is 34.6 Å². The predicted molar refractivity (Wildman–Crippen MR) is 107 cm³/mol. The average Bonchev–Trinajstić information content (AvgIpc) is 3.14. The third-order valence-electron chi connectivity index (χ3n) is 4.38. The molecule has 162 valence electrons. The molecular weight excluding hydrogens is 437 g/mol. The van der Waals surface area contributed by atoms with Gasteiger partial charge in [0.1, 0.15) is 5.15 Å². The van der Waals surface area contributed by atoms with Crippen LogP contribution in [0.25, 0.3) is 0 Å². The van der Waals surface area contributed by atoms with E-state index in [9.17, 15) is 18.3 Å². The van der Waals surface area contributed by atoms with Gasteiger partial charge < -0.3 is 20.1 Å². The molecule has 4 rings (SSSR count). The predicted octanol–water partition coefficient (Wildman–Crippen LogP) is 4.05. The first-order valence-electron chi connectivity index (χ1n) is 9.20. The Morgan fingerprint density at radius 3 is 2.61 bits per heavy atom. The summed E-state index contributed by atoms with van der Waals surface area (Å²) in [6, 6.07) is 9.27. The Balaban J connectivity index is 1.66. The lowest BCUT2D eigenvalue weighted by Gasteiger charge is -2.17. The SMILES string of the molecule is OC1CCN(c2nc(Nc3cccc(C(F)(F)F)c3)nc(Oc3cccc(Cl)n3)n2)C1. The van der Waals surface area contributed by atoms with Crippen LogP contribution >= 0.6 is 11.6 Å². The fraction of sp³-hybridized carbons (Fsp3) is 0.263. The van der Waals surface area contributed by atoms with E-state index in [1.807, 2.05) is 0 Å². The third-order valence-corrected chi connectivity index (χ3v) is 4.59. The number of β-amino-alcohol motifs (C(OH)–C–C–N with tert-alkyl or cyclic N) is 1. The Bertz CT molecular complexity index is 1080. The summed E-state index contributed by atoms with van der Waals surface area (Å²) in [5.74, 6) is 0.317. The molecule has 1 aliphatic heterocycles. The van der Waals surface area contributed by atoms with Crippen molar-refractivity contribution in [2.45, 2.75) is 18.7 Å². The molecule has 0 radical (unpaired) electrons. The molecule has 0 amide bonds.